The minimum Gasteiger partial charge on any atom is -0.367 e. The Balaban J connectivity index is 1.31. The number of hydrogen-bond donors (Lipinski definition) is 1. The molecule has 1 unspecified atom stereocenters. The topological polar surface area (TPSA) is 125 Å². The molecular weight excluding hydrogens is 467 g/mol. The zero-order valence-electron chi connectivity index (χ0n) is 18.4. The number of nitrogens with one attached hydrogen (secondary N) is 1. The second-order valence-electron chi connectivity index (χ2n) is 8.58. The van der Waals surface area contributed by atoms with Crippen LogP contribution in [0.15, 0.2) is 29.4 Å². The van der Waals surface area contributed by atoms with Crippen molar-refractivity contribution in [3.05, 3.63) is 41.3 Å². The van der Waals surface area contributed by atoms with E-state index in [0.29, 0.717) is 5.56 Å². The third kappa shape index (κ3) is 3.74. The minimum atomic E-state index is -3.73. The molecule has 11 nitrogen and oxygen atoms in total. The lowest BCUT2D eigenvalue weighted by atomic mass is 10.0. The van der Waals surface area contributed by atoms with Crippen LogP contribution < -0.4 is 10.2 Å². The molecule has 34 heavy (non-hydrogen) atoms. The summed E-state index contributed by atoms with van der Waals surface area (Å²) < 4.78 is 43.4. The highest BCUT2D eigenvalue weighted by atomic mass is 32.2. The maximum Gasteiger partial charge on any atom is 0.262 e. The third-order valence-electron chi connectivity index (χ3n) is 6.46. The molecule has 0 radical (unpaired) electrons. The number of hydrogen-bond acceptors (Lipinski definition) is 7. The van der Waals surface area contributed by atoms with Gasteiger partial charge in [0.25, 0.3) is 15.9 Å². The molecule has 4 heterocycles. The Bertz CT molecular complexity index is 1300. The molecule has 2 saturated heterocycles. The smallest absolute Gasteiger partial charge is 0.262 e. The standard InChI is InChI=1S/C21H23FN6O5S/c1-25-5-4-19(24-25)34(32,33)27-8-6-26(7-9-27)17-10-13-12-28(21(31)14(13)11-15(17)22)16-2-3-18(29)23-20(16)30/h4-5,10-11,16H,2-3,6-9,12H2,1H3,(H,23,29,30). The van der Waals surface area contributed by atoms with Gasteiger partial charge in [-0.2, -0.15) is 9.40 Å². The van der Waals surface area contributed by atoms with Crippen molar-refractivity contribution in [3.63, 3.8) is 0 Å². The zero-order chi connectivity index (χ0) is 24.2. The van der Waals surface area contributed by atoms with Crippen LogP contribution in [0.1, 0.15) is 28.8 Å². The average molecular weight is 491 g/mol. The fourth-order valence-electron chi connectivity index (χ4n) is 4.65. The molecule has 5 rings (SSSR count). The number of aromatic nitrogens is 2. The maximum atomic E-state index is 15.0. The van der Waals surface area contributed by atoms with Gasteiger partial charge in [-0.25, -0.2) is 12.8 Å². The van der Waals surface area contributed by atoms with Gasteiger partial charge in [-0.3, -0.25) is 24.4 Å². The number of halogens is 1. The minimum absolute atomic E-state index is 0.0285. The van der Waals surface area contributed by atoms with Crippen LogP contribution in [0, 0.1) is 5.82 Å². The molecular formula is C21H23FN6O5S. The van der Waals surface area contributed by atoms with Crippen LogP contribution in [0.3, 0.4) is 0 Å². The predicted octanol–water partition coefficient (Wildman–Crippen LogP) is -0.169. The highest BCUT2D eigenvalue weighted by Crippen LogP contribution is 2.33. The molecule has 180 valence electrons. The Kier molecular flexibility index (Phi) is 5.40. The number of fused-ring (bicyclic) bond motifs is 1. The van der Waals surface area contributed by atoms with E-state index < -0.39 is 33.7 Å². The van der Waals surface area contributed by atoms with Gasteiger partial charge in [0.1, 0.15) is 11.9 Å². The van der Waals surface area contributed by atoms with Crippen molar-refractivity contribution in [2.24, 2.45) is 7.05 Å². The number of benzene rings is 1. The Morgan fingerprint density at radius 1 is 1.12 bits per heavy atom. The molecule has 0 aliphatic carbocycles. The molecule has 13 heteroatoms. The molecule has 0 bridgehead atoms. The number of aryl methyl sites for hydroxylation is 1. The van der Waals surface area contributed by atoms with E-state index in [9.17, 15) is 22.8 Å². The maximum absolute atomic E-state index is 15.0. The lowest BCUT2D eigenvalue weighted by Crippen LogP contribution is -2.52. The SMILES string of the molecule is Cn1ccc(S(=O)(=O)N2CCN(c3cc4c(cc3F)C(=O)N(C3CCC(=O)NC3=O)C4)CC2)n1. The normalized spacial score (nSPS) is 21.7. The number of piperazine rings is 1. The first-order valence-corrected chi connectivity index (χ1v) is 12.3. The van der Waals surface area contributed by atoms with Crippen LogP contribution in [-0.4, -0.2) is 77.3 Å². The third-order valence-corrected chi connectivity index (χ3v) is 8.25. The number of piperidine rings is 1. The van der Waals surface area contributed by atoms with Gasteiger partial charge in [0.05, 0.1) is 5.69 Å². The number of carbonyl (C=O) groups excluding carboxylic acids is 3. The highest BCUT2D eigenvalue weighted by Gasteiger charge is 2.40. The largest absolute Gasteiger partial charge is 0.367 e. The zero-order valence-corrected chi connectivity index (χ0v) is 19.2. The molecule has 2 aromatic rings. The van der Waals surface area contributed by atoms with E-state index in [1.165, 1.54) is 26.0 Å². The molecule has 3 aliphatic heterocycles. The summed E-state index contributed by atoms with van der Waals surface area (Å²) in [5.41, 5.74) is 1.07. The molecule has 0 spiro atoms. The molecule has 1 N–H and O–H groups in total. The Hall–Kier alpha value is -3.32. The summed E-state index contributed by atoms with van der Waals surface area (Å²) in [5, 5.41) is 6.20. The number of anilines is 1. The molecule has 3 aliphatic rings. The van der Waals surface area contributed by atoms with E-state index in [1.54, 1.807) is 24.2 Å². The number of imide groups is 1. The number of rotatable bonds is 4. The van der Waals surface area contributed by atoms with Crippen molar-refractivity contribution in [2.75, 3.05) is 31.1 Å². The van der Waals surface area contributed by atoms with Crippen molar-refractivity contribution < 1.29 is 27.2 Å². The first-order valence-electron chi connectivity index (χ1n) is 10.9. The summed E-state index contributed by atoms with van der Waals surface area (Å²) in [6, 6.07) is 3.44. The van der Waals surface area contributed by atoms with Crippen LogP contribution in [0.4, 0.5) is 10.1 Å². The van der Waals surface area contributed by atoms with Crippen molar-refractivity contribution >= 4 is 33.4 Å². The van der Waals surface area contributed by atoms with E-state index in [0.717, 1.165) is 0 Å². The summed E-state index contributed by atoms with van der Waals surface area (Å²) >= 11 is 0. The van der Waals surface area contributed by atoms with Gasteiger partial charge in [0, 0.05) is 58.0 Å². The fourth-order valence-corrected chi connectivity index (χ4v) is 6.02. The highest BCUT2D eigenvalue weighted by molar-refractivity contribution is 7.89. The van der Waals surface area contributed by atoms with Crippen molar-refractivity contribution in [3.8, 4) is 0 Å². The van der Waals surface area contributed by atoms with Crippen LogP contribution in [-0.2, 0) is 33.2 Å². The van der Waals surface area contributed by atoms with Gasteiger partial charge < -0.3 is 9.80 Å². The van der Waals surface area contributed by atoms with Crippen molar-refractivity contribution in [2.45, 2.75) is 30.5 Å². The molecule has 1 atom stereocenters. The van der Waals surface area contributed by atoms with Gasteiger partial charge in [-0.15, -0.1) is 0 Å². The van der Waals surface area contributed by atoms with Gasteiger partial charge in [0.2, 0.25) is 11.8 Å². The molecule has 1 aromatic heterocycles. The Labute approximate surface area is 195 Å². The van der Waals surface area contributed by atoms with E-state index >= 15 is 4.39 Å². The van der Waals surface area contributed by atoms with Gasteiger partial charge >= 0.3 is 0 Å². The summed E-state index contributed by atoms with van der Waals surface area (Å²) in [5.74, 6) is -1.93. The number of amides is 3. The second-order valence-corrected chi connectivity index (χ2v) is 10.5. The van der Waals surface area contributed by atoms with E-state index in [2.05, 4.69) is 10.4 Å². The number of nitrogens with zero attached hydrogens (tertiary/aromatic N) is 5. The summed E-state index contributed by atoms with van der Waals surface area (Å²) in [7, 11) is -2.10. The van der Waals surface area contributed by atoms with E-state index in [-0.39, 0.29) is 67.7 Å². The second kappa shape index (κ2) is 8.17. The summed E-state index contributed by atoms with van der Waals surface area (Å²) in [4.78, 5) is 39.6. The van der Waals surface area contributed by atoms with E-state index in [4.69, 9.17) is 0 Å². The van der Waals surface area contributed by atoms with Crippen molar-refractivity contribution in [1.29, 1.82) is 0 Å². The number of sulfonamides is 1. The molecule has 0 saturated carbocycles. The van der Waals surface area contributed by atoms with Gasteiger partial charge in [0.15, 0.2) is 5.03 Å². The monoisotopic (exact) mass is 490 g/mol. The first-order chi connectivity index (χ1) is 16.1. The molecule has 2 fully saturated rings. The summed E-state index contributed by atoms with van der Waals surface area (Å²) in [6.07, 6.45) is 1.93. The fraction of sp³-hybridized carbons (Fsp3) is 0.429. The van der Waals surface area contributed by atoms with Crippen LogP contribution in [0.2, 0.25) is 0 Å². The number of carbonyl (C=O) groups is 3. The summed E-state index contributed by atoms with van der Waals surface area (Å²) in [6.45, 7) is 1.01. The van der Waals surface area contributed by atoms with Crippen LogP contribution >= 0.6 is 0 Å². The van der Waals surface area contributed by atoms with Crippen LogP contribution in [0.25, 0.3) is 0 Å². The molecule has 1 aromatic carbocycles. The van der Waals surface area contributed by atoms with Gasteiger partial charge in [-0.1, -0.05) is 0 Å². The average Bonchev–Trinajstić information content (AvgIpc) is 3.37. The molecule has 3 amide bonds. The first kappa shape index (κ1) is 22.5. The van der Waals surface area contributed by atoms with Crippen molar-refractivity contribution in [1.82, 2.24) is 24.3 Å². The van der Waals surface area contributed by atoms with Crippen LogP contribution in [0.5, 0.6) is 0 Å². The predicted molar refractivity (Wildman–Crippen MR) is 117 cm³/mol. The Morgan fingerprint density at radius 3 is 2.50 bits per heavy atom. The Morgan fingerprint density at radius 2 is 1.85 bits per heavy atom. The quantitative estimate of drug-likeness (QED) is 0.590. The lowest BCUT2D eigenvalue weighted by molar-refractivity contribution is -0.136. The van der Waals surface area contributed by atoms with Gasteiger partial charge in [-0.05, 0) is 30.2 Å². The van der Waals surface area contributed by atoms with E-state index in [1.807, 2.05) is 0 Å². The lowest BCUT2D eigenvalue weighted by Gasteiger charge is -2.35.